The van der Waals surface area contributed by atoms with Gasteiger partial charge in [-0.2, -0.15) is 0 Å². The quantitative estimate of drug-likeness (QED) is 0.214. The van der Waals surface area contributed by atoms with Gasteiger partial charge in [0.25, 0.3) is 0 Å². The molecule has 0 bridgehead atoms. The summed E-state index contributed by atoms with van der Waals surface area (Å²) in [5, 5.41) is 5.28. The fraction of sp³-hybridized carbons (Fsp3) is 0.211. The van der Waals surface area contributed by atoms with Crippen molar-refractivity contribution in [2.45, 2.75) is 52.5 Å². The first-order valence-electron chi connectivity index (χ1n) is 14.3. The molecule has 0 N–H and O–H groups in total. The van der Waals surface area contributed by atoms with Gasteiger partial charge in [0, 0.05) is 38.3 Å². The smallest absolute Gasteiger partial charge is 0.0547 e. The Kier molecular flexibility index (Phi) is 5.31. The van der Waals surface area contributed by atoms with Crippen LogP contribution >= 0.6 is 0 Å². The van der Waals surface area contributed by atoms with Gasteiger partial charge in [-0.15, -0.1) is 0 Å². The van der Waals surface area contributed by atoms with Crippen LogP contribution in [0.15, 0.2) is 109 Å². The second-order valence-electron chi connectivity index (χ2n) is 13.1. The van der Waals surface area contributed by atoms with Gasteiger partial charge in [-0.25, -0.2) is 0 Å². The largest absolute Gasteiger partial charge is 0.335 e. The van der Waals surface area contributed by atoms with Crippen molar-refractivity contribution in [3.05, 3.63) is 115 Å². The van der Waals surface area contributed by atoms with Gasteiger partial charge in [-0.05, 0) is 79.3 Å². The molecule has 0 radical (unpaired) electrons. The van der Waals surface area contributed by atoms with Crippen molar-refractivity contribution in [3.8, 4) is 16.8 Å². The zero-order valence-corrected chi connectivity index (χ0v) is 24.3. The Labute approximate surface area is 236 Å². The summed E-state index contributed by atoms with van der Waals surface area (Å²) in [5.41, 5.74) is 10.1. The van der Waals surface area contributed by atoms with Crippen LogP contribution in [0, 0.1) is 0 Å². The molecular weight excluding hydrogens is 484 g/mol. The molecule has 0 atom stereocenters. The highest BCUT2D eigenvalue weighted by molar-refractivity contribution is 6.13. The Balaban J connectivity index is 1.53. The first-order chi connectivity index (χ1) is 19.1. The second kappa shape index (κ2) is 8.60. The SMILES string of the molecule is CC(C)(C)c1cccc2c1c1ccc(-c3ccc4c5ccccc5n(C(C)(C)C)c4c3)cc1n2-c1ccccc1. The molecule has 7 rings (SSSR count). The van der Waals surface area contributed by atoms with E-state index in [0.717, 1.165) is 0 Å². The van der Waals surface area contributed by atoms with Crippen LogP contribution in [0.25, 0.3) is 60.4 Å². The molecule has 198 valence electrons. The Morgan fingerprint density at radius 2 is 1.07 bits per heavy atom. The number of hydrogen-bond donors (Lipinski definition) is 0. The van der Waals surface area contributed by atoms with Gasteiger partial charge in [0.15, 0.2) is 0 Å². The molecule has 0 amide bonds. The van der Waals surface area contributed by atoms with Gasteiger partial charge in [0.2, 0.25) is 0 Å². The zero-order valence-electron chi connectivity index (χ0n) is 24.3. The summed E-state index contributed by atoms with van der Waals surface area (Å²) >= 11 is 0. The van der Waals surface area contributed by atoms with E-state index in [1.54, 1.807) is 0 Å². The lowest BCUT2D eigenvalue weighted by atomic mass is 9.84. The zero-order chi connectivity index (χ0) is 27.8. The van der Waals surface area contributed by atoms with Crippen LogP contribution in [0.4, 0.5) is 0 Å². The number of para-hydroxylation sites is 2. The van der Waals surface area contributed by atoms with Gasteiger partial charge in [0.05, 0.1) is 16.6 Å². The summed E-state index contributed by atoms with van der Waals surface area (Å²) in [5.74, 6) is 0. The Morgan fingerprint density at radius 3 is 1.77 bits per heavy atom. The lowest BCUT2D eigenvalue weighted by Crippen LogP contribution is -2.21. The van der Waals surface area contributed by atoms with Gasteiger partial charge in [-0.1, -0.05) is 93.6 Å². The first kappa shape index (κ1) is 24.7. The number of aromatic nitrogens is 2. The van der Waals surface area contributed by atoms with Gasteiger partial charge < -0.3 is 9.13 Å². The minimum atomic E-state index is -0.0347. The molecule has 40 heavy (non-hydrogen) atoms. The van der Waals surface area contributed by atoms with Crippen LogP contribution < -0.4 is 0 Å². The summed E-state index contributed by atoms with van der Waals surface area (Å²) < 4.78 is 4.93. The van der Waals surface area contributed by atoms with E-state index in [2.05, 4.69) is 160 Å². The molecule has 0 fully saturated rings. The van der Waals surface area contributed by atoms with Crippen molar-refractivity contribution in [2.75, 3.05) is 0 Å². The summed E-state index contributed by atoms with van der Waals surface area (Å²) in [6, 6.07) is 40.3. The van der Waals surface area contributed by atoms with Gasteiger partial charge in [0.1, 0.15) is 0 Å². The van der Waals surface area contributed by atoms with Crippen LogP contribution in [0.5, 0.6) is 0 Å². The maximum atomic E-state index is 2.50. The molecule has 0 aliphatic carbocycles. The lowest BCUT2D eigenvalue weighted by Gasteiger charge is -2.24. The first-order valence-corrected chi connectivity index (χ1v) is 14.3. The molecule has 0 aliphatic heterocycles. The minimum absolute atomic E-state index is 0.0347. The second-order valence-corrected chi connectivity index (χ2v) is 13.1. The average molecular weight is 521 g/mol. The fourth-order valence-corrected chi connectivity index (χ4v) is 6.60. The Morgan fingerprint density at radius 1 is 0.475 bits per heavy atom. The average Bonchev–Trinajstić information content (AvgIpc) is 3.45. The van der Waals surface area contributed by atoms with Crippen molar-refractivity contribution < 1.29 is 0 Å². The lowest BCUT2D eigenvalue weighted by molar-refractivity contribution is 0.423. The van der Waals surface area contributed by atoms with Crippen molar-refractivity contribution in [2.24, 2.45) is 0 Å². The van der Waals surface area contributed by atoms with Gasteiger partial charge in [-0.3, -0.25) is 0 Å². The van der Waals surface area contributed by atoms with Crippen molar-refractivity contribution in [3.63, 3.8) is 0 Å². The number of rotatable bonds is 2. The van der Waals surface area contributed by atoms with Crippen LogP contribution in [0.2, 0.25) is 0 Å². The summed E-state index contributed by atoms with van der Waals surface area (Å²) in [7, 11) is 0. The van der Waals surface area contributed by atoms with E-state index in [1.165, 1.54) is 66.0 Å². The van der Waals surface area contributed by atoms with E-state index in [9.17, 15) is 0 Å². The topological polar surface area (TPSA) is 9.86 Å². The maximum Gasteiger partial charge on any atom is 0.0547 e. The van der Waals surface area contributed by atoms with Crippen LogP contribution in [-0.4, -0.2) is 9.13 Å². The highest BCUT2D eigenvalue weighted by Crippen LogP contribution is 2.41. The fourth-order valence-electron chi connectivity index (χ4n) is 6.60. The van der Waals surface area contributed by atoms with E-state index in [4.69, 9.17) is 0 Å². The highest BCUT2D eigenvalue weighted by Gasteiger charge is 2.23. The predicted octanol–water partition coefficient (Wildman–Crippen LogP) is 10.6. The number of benzene rings is 5. The molecule has 0 aliphatic rings. The Bertz CT molecular complexity index is 2060. The number of hydrogen-bond acceptors (Lipinski definition) is 0. The third kappa shape index (κ3) is 3.70. The minimum Gasteiger partial charge on any atom is -0.335 e. The van der Waals surface area contributed by atoms with Crippen LogP contribution in [0.3, 0.4) is 0 Å². The predicted molar refractivity (Wildman–Crippen MR) is 173 cm³/mol. The van der Waals surface area contributed by atoms with E-state index < -0.39 is 0 Å². The molecule has 0 saturated heterocycles. The van der Waals surface area contributed by atoms with Crippen molar-refractivity contribution in [1.82, 2.24) is 9.13 Å². The van der Waals surface area contributed by atoms with E-state index >= 15 is 0 Å². The van der Waals surface area contributed by atoms with Gasteiger partial charge >= 0.3 is 0 Å². The summed E-state index contributed by atoms with van der Waals surface area (Å²) in [4.78, 5) is 0. The molecule has 0 saturated carbocycles. The van der Waals surface area contributed by atoms with E-state index in [0.29, 0.717) is 0 Å². The van der Waals surface area contributed by atoms with E-state index in [1.807, 2.05) is 0 Å². The number of nitrogens with zero attached hydrogens (tertiary/aromatic N) is 2. The molecule has 7 aromatic rings. The standard InChI is InChI=1S/C38H36N2/c1-37(2,3)31-16-12-18-33-36(31)30-22-20-25(23-34(30)39(33)27-13-8-7-9-14-27)26-19-21-29-28-15-10-11-17-32(28)40(35(29)24-26)38(4,5)6/h7-24H,1-6H3. The molecule has 2 heteroatoms. The maximum absolute atomic E-state index is 2.50. The molecule has 2 nitrogen and oxygen atoms in total. The molecule has 5 aromatic carbocycles. The number of fused-ring (bicyclic) bond motifs is 6. The van der Waals surface area contributed by atoms with Crippen LogP contribution in [0.1, 0.15) is 47.1 Å². The van der Waals surface area contributed by atoms with E-state index in [-0.39, 0.29) is 11.0 Å². The molecular formula is C38H36N2. The van der Waals surface area contributed by atoms with Crippen LogP contribution in [-0.2, 0) is 11.0 Å². The molecule has 2 heterocycles. The Hall–Kier alpha value is -4.30. The third-order valence-electron chi connectivity index (χ3n) is 8.29. The molecule has 2 aromatic heterocycles. The summed E-state index contributed by atoms with van der Waals surface area (Å²) in [6.45, 7) is 13.8. The molecule has 0 unspecified atom stereocenters. The van der Waals surface area contributed by atoms with Crippen molar-refractivity contribution in [1.29, 1.82) is 0 Å². The monoisotopic (exact) mass is 520 g/mol. The van der Waals surface area contributed by atoms with Crippen molar-refractivity contribution >= 4 is 43.6 Å². The molecule has 0 spiro atoms. The highest BCUT2D eigenvalue weighted by atomic mass is 15.0. The third-order valence-corrected chi connectivity index (χ3v) is 8.29. The normalized spacial score (nSPS) is 12.8. The summed E-state index contributed by atoms with van der Waals surface area (Å²) in [6.07, 6.45) is 0.